The van der Waals surface area contributed by atoms with Crippen LogP contribution in [0, 0.1) is 0 Å². The minimum atomic E-state index is 0.0920. The SMILES string of the molecule is CCCC1(CO)CCCN1. The van der Waals surface area contributed by atoms with E-state index in [2.05, 4.69) is 12.2 Å². The molecule has 0 bridgehead atoms. The fourth-order valence-corrected chi connectivity index (χ4v) is 1.77. The van der Waals surface area contributed by atoms with Gasteiger partial charge in [0.2, 0.25) is 0 Å². The third-order valence-corrected chi connectivity index (χ3v) is 2.36. The Morgan fingerprint density at radius 3 is 2.80 bits per heavy atom. The van der Waals surface area contributed by atoms with Crippen molar-refractivity contribution in [1.29, 1.82) is 0 Å². The lowest BCUT2D eigenvalue weighted by atomic mass is 9.93. The Bertz CT molecular complexity index is 97.4. The van der Waals surface area contributed by atoms with Gasteiger partial charge < -0.3 is 10.4 Å². The molecule has 1 aliphatic rings. The number of hydrogen-bond acceptors (Lipinski definition) is 2. The van der Waals surface area contributed by atoms with Gasteiger partial charge >= 0.3 is 0 Å². The molecule has 2 heteroatoms. The maximum atomic E-state index is 9.09. The molecule has 0 radical (unpaired) electrons. The highest BCUT2D eigenvalue weighted by molar-refractivity contribution is 4.91. The maximum Gasteiger partial charge on any atom is 0.0613 e. The second kappa shape index (κ2) is 3.35. The summed E-state index contributed by atoms with van der Waals surface area (Å²) in [4.78, 5) is 0. The Balaban J connectivity index is 2.41. The minimum absolute atomic E-state index is 0.0920. The first-order valence-corrected chi connectivity index (χ1v) is 4.19. The number of aliphatic hydroxyl groups is 1. The Kier molecular flexibility index (Phi) is 2.69. The highest BCUT2D eigenvalue weighted by Crippen LogP contribution is 2.23. The molecular weight excluding hydrogens is 126 g/mol. The zero-order valence-corrected chi connectivity index (χ0v) is 6.69. The van der Waals surface area contributed by atoms with Crippen LogP contribution in [-0.2, 0) is 0 Å². The molecule has 1 saturated heterocycles. The molecule has 10 heavy (non-hydrogen) atoms. The number of nitrogens with one attached hydrogen (secondary N) is 1. The zero-order valence-electron chi connectivity index (χ0n) is 6.69. The van der Waals surface area contributed by atoms with Crippen LogP contribution in [-0.4, -0.2) is 23.8 Å². The van der Waals surface area contributed by atoms with Gasteiger partial charge in [0.25, 0.3) is 0 Å². The Morgan fingerprint density at radius 2 is 2.40 bits per heavy atom. The molecule has 2 nitrogen and oxygen atoms in total. The van der Waals surface area contributed by atoms with Crippen LogP contribution in [0.2, 0.25) is 0 Å². The van der Waals surface area contributed by atoms with E-state index in [9.17, 15) is 0 Å². The largest absolute Gasteiger partial charge is 0.394 e. The van der Waals surface area contributed by atoms with Gasteiger partial charge in [-0.15, -0.1) is 0 Å². The van der Waals surface area contributed by atoms with Crippen molar-refractivity contribution in [2.45, 2.75) is 38.1 Å². The molecule has 1 fully saturated rings. The van der Waals surface area contributed by atoms with Crippen molar-refractivity contribution in [3.8, 4) is 0 Å². The van der Waals surface area contributed by atoms with Crippen LogP contribution in [0.3, 0.4) is 0 Å². The van der Waals surface area contributed by atoms with Gasteiger partial charge in [-0.05, 0) is 25.8 Å². The van der Waals surface area contributed by atoms with Crippen molar-refractivity contribution in [1.82, 2.24) is 5.32 Å². The van der Waals surface area contributed by atoms with E-state index in [0.29, 0.717) is 6.61 Å². The highest BCUT2D eigenvalue weighted by Gasteiger charge is 2.30. The van der Waals surface area contributed by atoms with Gasteiger partial charge in [-0.1, -0.05) is 13.3 Å². The standard InChI is InChI=1S/C8H17NO/c1-2-4-8(7-10)5-3-6-9-8/h9-10H,2-7H2,1H3. The molecule has 1 heterocycles. The fraction of sp³-hybridized carbons (Fsp3) is 1.00. The first-order chi connectivity index (χ1) is 4.83. The summed E-state index contributed by atoms with van der Waals surface area (Å²) < 4.78 is 0. The van der Waals surface area contributed by atoms with Crippen LogP contribution in [0.4, 0.5) is 0 Å². The average Bonchev–Trinajstić information content (AvgIpc) is 2.39. The molecule has 0 aromatic carbocycles. The van der Waals surface area contributed by atoms with Crippen LogP contribution in [0.5, 0.6) is 0 Å². The van der Waals surface area contributed by atoms with Crippen LogP contribution in [0.25, 0.3) is 0 Å². The lowest BCUT2D eigenvalue weighted by molar-refractivity contribution is 0.168. The van der Waals surface area contributed by atoms with E-state index >= 15 is 0 Å². The second-order valence-electron chi connectivity index (χ2n) is 3.22. The zero-order chi connectivity index (χ0) is 7.45. The normalized spacial score (nSPS) is 33.0. The van der Waals surface area contributed by atoms with Gasteiger partial charge in [0, 0.05) is 5.54 Å². The van der Waals surface area contributed by atoms with E-state index in [-0.39, 0.29) is 5.54 Å². The summed E-state index contributed by atoms with van der Waals surface area (Å²) in [5.74, 6) is 0. The van der Waals surface area contributed by atoms with Crippen molar-refractivity contribution in [2.75, 3.05) is 13.2 Å². The lowest BCUT2D eigenvalue weighted by Gasteiger charge is -2.26. The number of hydrogen-bond donors (Lipinski definition) is 2. The maximum absolute atomic E-state index is 9.09. The molecule has 1 rings (SSSR count). The highest BCUT2D eigenvalue weighted by atomic mass is 16.3. The van der Waals surface area contributed by atoms with Crippen LogP contribution >= 0.6 is 0 Å². The van der Waals surface area contributed by atoms with Crippen molar-refractivity contribution in [3.05, 3.63) is 0 Å². The molecule has 0 aromatic heterocycles. The molecule has 0 amide bonds. The molecule has 1 atom stereocenters. The fourth-order valence-electron chi connectivity index (χ4n) is 1.77. The van der Waals surface area contributed by atoms with Gasteiger partial charge in [-0.25, -0.2) is 0 Å². The summed E-state index contributed by atoms with van der Waals surface area (Å²) >= 11 is 0. The molecule has 0 spiro atoms. The average molecular weight is 143 g/mol. The van der Waals surface area contributed by atoms with Gasteiger partial charge in [0.1, 0.15) is 0 Å². The van der Waals surface area contributed by atoms with Crippen molar-refractivity contribution in [2.24, 2.45) is 0 Å². The lowest BCUT2D eigenvalue weighted by Crippen LogP contribution is -2.43. The van der Waals surface area contributed by atoms with E-state index in [4.69, 9.17) is 5.11 Å². The van der Waals surface area contributed by atoms with Crippen molar-refractivity contribution in [3.63, 3.8) is 0 Å². The smallest absolute Gasteiger partial charge is 0.0613 e. The first kappa shape index (κ1) is 8.02. The molecule has 0 aromatic rings. The van der Waals surface area contributed by atoms with Gasteiger partial charge in [-0.3, -0.25) is 0 Å². The second-order valence-corrected chi connectivity index (χ2v) is 3.22. The molecule has 60 valence electrons. The van der Waals surface area contributed by atoms with E-state index in [0.717, 1.165) is 25.8 Å². The predicted molar refractivity (Wildman–Crippen MR) is 42.0 cm³/mol. The molecule has 0 saturated carbocycles. The molecule has 1 aliphatic heterocycles. The van der Waals surface area contributed by atoms with Gasteiger partial charge in [0.15, 0.2) is 0 Å². The van der Waals surface area contributed by atoms with E-state index in [1.165, 1.54) is 6.42 Å². The van der Waals surface area contributed by atoms with Crippen LogP contribution in [0.1, 0.15) is 32.6 Å². The Hall–Kier alpha value is -0.0800. The van der Waals surface area contributed by atoms with E-state index in [1.54, 1.807) is 0 Å². The molecule has 2 N–H and O–H groups in total. The van der Waals surface area contributed by atoms with Crippen LogP contribution in [0.15, 0.2) is 0 Å². The van der Waals surface area contributed by atoms with E-state index in [1.807, 2.05) is 0 Å². The summed E-state index contributed by atoms with van der Waals surface area (Å²) in [5, 5.41) is 12.5. The number of rotatable bonds is 3. The van der Waals surface area contributed by atoms with Crippen LogP contribution < -0.4 is 5.32 Å². The Labute approximate surface area is 62.6 Å². The molecular formula is C8H17NO. The van der Waals surface area contributed by atoms with Crippen molar-refractivity contribution >= 4 is 0 Å². The molecule has 1 unspecified atom stereocenters. The third-order valence-electron chi connectivity index (χ3n) is 2.36. The summed E-state index contributed by atoms with van der Waals surface area (Å²) in [5.41, 5.74) is 0.0920. The third kappa shape index (κ3) is 1.50. The number of aliphatic hydroxyl groups excluding tert-OH is 1. The summed E-state index contributed by atoms with van der Waals surface area (Å²) in [6, 6.07) is 0. The first-order valence-electron chi connectivity index (χ1n) is 4.19. The van der Waals surface area contributed by atoms with E-state index < -0.39 is 0 Å². The summed E-state index contributed by atoms with van der Waals surface area (Å²) in [6.07, 6.45) is 4.65. The molecule has 0 aliphatic carbocycles. The topological polar surface area (TPSA) is 32.3 Å². The minimum Gasteiger partial charge on any atom is -0.394 e. The summed E-state index contributed by atoms with van der Waals surface area (Å²) in [7, 11) is 0. The predicted octanol–water partition coefficient (Wildman–Crippen LogP) is 0.901. The van der Waals surface area contributed by atoms with Gasteiger partial charge in [0.05, 0.1) is 6.61 Å². The quantitative estimate of drug-likeness (QED) is 0.615. The Morgan fingerprint density at radius 1 is 1.60 bits per heavy atom. The summed E-state index contributed by atoms with van der Waals surface area (Å²) in [6.45, 7) is 3.55. The monoisotopic (exact) mass is 143 g/mol. The van der Waals surface area contributed by atoms with Gasteiger partial charge in [-0.2, -0.15) is 0 Å². The van der Waals surface area contributed by atoms with Crippen molar-refractivity contribution < 1.29 is 5.11 Å².